The normalized spacial score (nSPS) is 24.4. The van der Waals surface area contributed by atoms with Crippen molar-refractivity contribution in [2.45, 2.75) is 67.6 Å². The molecule has 3 atom stereocenters. The zero-order valence-electron chi connectivity index (χ0n) is 18.6. The van der Waals surface area contributed by atoms with E-state index >= 15 is 0 Å². The lowest BCUT2D eigenvalue weighted by molar-refractivity contribution is 0.205. The predicted octanol–water partition coefficient (Wildman–Crippen LogP) is 4.92. The zero-order valence-corrected chi connectivity index (χ0v) is 20.9. The number of hydrogen-bond donors (Lipinski definition) is 4. The molecule has 188 valence electrons. The first-order chi connectivity index (χ1) is 16.6. The van der Waals surface area contributed by atoms with E-state index in [0.29, 0.717) is 18.9 Å². The molecule has 3 fully saturated rings. The van der Waals surface area contributed by atoms with E-state index in [9.17, 15) is 22.7 Å². The Kier molecular flexibility index (Phi) is 6.60. The Labute approximate surface area is 212 Å². The molecule has 5 rings (SSSR count). The highest BCUT2D eigenvalue weighted by Gasteiger charge is 2.49. The fourth-order valence-electron chi connectivity index (χ4n) is 5.12. The molecular formula is C23H25Cl2FN4O4S. The summed E-state index contributed by atoms with van der Waals surface area (Å²) in [4.78, 5) is 12.0. The number of fused-ring (bicyclic) bond motifs is 2. The number of sulfonamides is 1. The summed E-state index contributed by atoms with van der Waals surface area (Å²) >= 11 is 12.1. The number of urea groups is 1. The lowest BCUT2D eigenvalue weighted by Crippen LogP contribution is -2.51. The fourth-order valence-corrected chi connectivity index (χ4v) is 7.79. The minimum atomic E-state index is -4.14. The van der Waals surface area contributed by atoms with Crippen molar-refractivity contribution in [3.63, 3.8) is 0 Å². The van der Waals surface area contributed by atoms with Crippen LogP contribution in [0.2, 0.25) is 10.0 Å². The van der Waals surface area contributed by atoms with Crippen LogP contribution in [0.4, 0.5) is 20.6 Å². The highest BCUT2D eigenvalue weighted by atomic mass is 35.5. The molecule has 4 N–H and O–H groups in total. The SMILES string of the molecule is O=C(Nc1ccc(Cl)c(S(=O)(=O)N2[C@@H]3CC[C@H]2CC(NC2CC2)C3)c1O)Nc1cccc(F)c1Cl. The van der Waals surface area contributed by atoms with Gasteiger partial charge in [-0.15, -0.1) is 0 Å². The summed E-state index contributed by atoms with van der Waals surface area (Å²) in [5, 5.41) is 18.8. The lowest BCUT2D eigenvalue weighted by Gasteiger charge is -2.38. The number of carbonyl (C=O) groups excluding carboxylic acids is 1. The Morgan fingerprint density at radius 1 is 0.971 bits per heavy atom. The van der Waals surface area contributed by atoms with Crippen LogP contribution in [0, 0.1) is 5.82 Å². The number of nitrogens with one attached hydrogen (secondary N) is 3. The van der Waals surface area contributed by atoms with Gasteiger partial charge in [-0.3, -0.25) is 0 Å². The molecule has 2 saturated heterocycles. The van der Waals surface area contributed by atoms with Crippen LogP contribution in [0.25, 0.3) is 0 Å². The quantitative estimate of drug-likeness (QED) is 0.387. The molecule has 2 aromatic carbocycles. The standard InChI is InChI=1S/C23H25Cl2FN4O4S/c24-16-8-9-19(29-23(32)28-18-3-1-2-17(26)20(18)25)21(31)22(16)35(33,34)30-14-6-7-15(30)11-13(10-14)27-12-4-5-12/h1-3,8-9,12-15,27,31H,4-7,10-11H2,(H2,28,29,32)/t13?,14-,15+. The first-order valence-corrected chi connectivity index (χ1v) is 13.7. The second-order valence-electron chi connectivity index (χ2n) is 9.28. The van der Waals surface area contributed by atoms with E-state index < -0.39 is 32.5 Å². The van der Waals surface area contributed by atoms with Crippen LogP contribution < -0.4 is 16.0 Å². The molecule has 2 aromatic rings. The van der Waals surface area contributed by atoms with Gasteiger partial charge < -0.3 is 21.1 Å². The number of carbonyl (C=O) groups is 1. The van der Waals surface area contributed by atoms with Crippen LogP contribution in [0.1, 0.15) is 38.5 Å². The summed E-state index contributed by atoms with van der Waals surface area (Å²) in [6.07, 6.45) is 5.24. The number of aromatic hydroxyl groups is 1. The lowest BCUT2D eigenvalue weighted by atomic mass is 10.00. The highest BCUT2D eigenvalue weighted by Crippen LogP contribution is 2.45. The van der Waals surface area contributed by atoms with Crippen LogP contribution in [-0.2, 0) is 10.0 Å². The zero-order chi connectivity index (χ0) is 24.9. The summed E-state index contributed by atoms with van der Waals surface area (Å²) in [5.74, 6) is -1.37. The minimum Gasteiger partial charge on any atom is -0.504 e. The number of halogens is 3. The molecule has 2 aliphatic heterocycles. The third-order valence-electron chi connectivity index (χ3n) is 6.78. The molecule has 8 nitrogen and oxygen atoms in total. The van der Waals surface area contributed by atoms with E-state index in [0.717, 1.165) is 31.7 Å². The van der Waals surface area contributed by atoms with Crippen molar-refractivity contribution in [3.05, 3.63) is 46.2 Å². The van der Waals surface area contributed by atoms with Crippen LogP contribution in [-0.4, -0.2) is 48.0 Å². The molecule has 35 heavy (non-hydrogen) atoms. The number of rotatable bonds is 6. The van der Waals surface area contributed by atoms with Crippen LogP contribution in [0.3, 0.4) is 0 Å². The number of amides is 2. The van der Waals surface area contributed by atoms with Crippen molar-refractivity contribution in [1.29, 1.82) is 0 Å². The van der Waals surface area contributed by atoms with Gasteiger partial charge in [-0.2, -0.15) is 4.31 Å². The summed E-state index contributed by atoms with van der Waals surface area (Å²) in [6.45, 7) is 0. The second kappa shape index (κ2) is 9.40. The van der Waals surface area contributed by atoms with Crippen molar-refractivity contribution >= 4 is 50.6 Å². The van der Waals surface area contributed by atoms with Crippen molar-refractivity contribution < 1.29 is 22.7 Å². The van der Waals surface area contributed by atoms with E-state index in [2.05, 4.69) is 16.0 Å². The first-order valence-electron chi connectivity index (χ1n) is 11.5. The average molecular weight is 543 g/mol. The molecule has 1 aliphatic carbocycles. The summed E-state index contributed by atoms with van der Waals surface area (Å²) in [6, 6.07) is 6.14. The third kappa shape index (κ3) is 4.82. The molecule has 1 saturated carbocycles. The number of phenolic OH excluding ortho intramolecular Hbond substituents is 1. The molecule has 0 spiro atoms. The number of benzene rings is 2. The Balaban J connectivity index is 1.37. The number of anilines is 2. The number of hydrogen-bond acceptors (Lipinski definition) is 5. The van der Waals surface area contributed by atoms with E-state index in [1.165, 1.54) is 28.6 Å². The predicted molar refractivity (Wildman–Crippen MR) is 132 cm³/mol. The van der Waals surface area contributed by atoms with E-state index in [1.54, 1.807) is 0 Å². The number of piperidine rings is 1. The topological polar surface area (TPSA) is 111 Å². The van der Waals surface area contributed by atoms with Crippen molar-refractivity contribution in [3.8, 4) is 5.75 Å². The molecule has 3 aliphatic rings. The van der Waals surface area contributed by atoms with E-state index in [-0.39, 0.29) is 39.5 Å². The number of nitrogens with zero attached hydrogens (tertiary/aromatic N) is 1. The minimum absolute atomic E-state index is 0.0183. The van der Waals surface area contributed by atoms with Crippen LogP contribution in [0.5, 0.6) is 5.75 Å². The maximum atomic E-state index is 13.7. The monoisotopic (exact) mass is 542 g/mol. The average Bonchev–Trinajstić information content (AvgIpc) is 3.56. The first kappa shape index (κ1) is 24.6. The molecule has 0 radical (unpaired) electrons. The van der Waals surface area contributed by atoms with Gasteiger partial charge in [0.05, 0.1) is 21.4 Å². The fraction of sp³-hybridized carbons (Fsp3) is 0.435. The van der Waals surface area contributed by atoms with Gasteiger partial charge >= 0.3 is 6.03 Å². The largest absolute Gasteiger partial charge is 0.504 e. The summed E-state index contributed by atoms with van der Waals surface area (Å²) in [7, 11) is -4.14. The van der Waals surface area contributed by atoms with Gasteiger partial charge in [-0.1, -0.05) is 29.3 Å². The number of phenols is 1. The van der Waals surface area contributed by atoms with Gasteiger partial charge in [-0.25, -0.2) is 17.6 Å². The van der Waals surface area contributed by atoms with E-state index in [4.69, 9.17) is 23.2 Å². The second-order valence-corrected chi connectivity index (χ2v) is 11.8. The van der Waals surface area contributed by atoms with Gasteiger partial charge in [0.2, 0.25) is 10.0 Å². The maximum Gasteiger partial charge on any atom is 0.323 e. The third-order valence-corrected chi connectivity index (χ3v) is 9.67. The maximum absolute atomic E-state index is 13.7. The summed E-state index contributed by atoms with van der Waals surface area (Å²) < 4.78 is 42.6. The molecule has 12 heteroatoms. The van der Waals surface area contributed by atoms with Crippen molar-refractivity contribution in [2.75, 3.05) is 10.6 Å². The Morgan fingerprint density at radius 3 is 2.29 bits per heavy atom. The highest BCUT2D eigenvalue weighted by molar-refractivity contribution is 7.89. The molecule has 2 bridgehead atoms. The van der Waals surface area contributed by atoms with Crippen LogP contribution >= 0.6 is 23.2 Å². The van der Waals surface area contributed by atoms with Crippen molar-refractivity contribution in [2.24, 2.45) is 0 Å². The molecule has 0 aromatic heterocycles. The molecule has 2 amide bonds. The summed E-state index contributed by atoms with van der Waals surface area (Å²) in [5.41, 5.74) is -0.139. The van der Waals surface area contributed by atoms with Crippen molar-refractivity contribution in [1.82, 2.24) is 9.62 Å². The smallest absolute Gasteiger partial charge is 0.323 e. The van der Waals surface area contributed by atoms with Gasteiger partial charge in [0.1, 0.15) is 10.7 Å². The molecule has 1 unspecified atom stereocenters. The molecular weight excluding hydrogens is 518 g/mol. The van der Waals surface area contributed by atoms with Gasteiger partial charge in [0.25, 0.3) is 0 Å². The van der Waals surface area contributed by atoms with Gasteiger partial charge in [-0.05, 0) is 62.8 Å². The Morgan fingerprint density at radius 2 is 1.63 bits per heavy atom. The van der Waals surface area contributed by atoms with Gasteiger partial charge in [0.15, 0.2) is 5.75 Å². The van der Waals surface area contributed by atoms with Gasteiger partial charge in [0, 0.05) is 24.2 Å². The Bertz CT molecular complexity index is 1260. The van der Waals surface area contributed by atoms with E-state index in [1.807, 2.05) is 0 Å². The van der Waals surface area contributed by atoms with Crippen LogP contribution in [0.15, 0.2) is 35.2 Å². The Hall–Kier alpha value is -2.11. The molecule has 2 heterocycles.